The molecular weight excluding hydrogens is 296 g/mol. The number of esters is 1. The fraction of sp³-hybridized carbons (Fsp3) is 0.471. The van der Waals surface area contributed by atoms with Gasteiger partial charge in [0.25, 0.3) is 0 Å². The fourth-order valence-electron chi connectivity index (χ4n) is 2.85. The van der Waals surface area contributed by atoms with Gasteiger partial charge < -0.3 is 10.1 Å². The standard InChI is InChI=1S/C17H22N2O4/c1-5-17(3,16(22)23-4)18-15(21)14-10-12-8-6-7-9-13(12)19(14)11(2)20/h6-9,14H,5,10H2,1-4H3,(H,18,21)/t14-,17?/m0/s1. The van der Waals surface area contributed by atoms with Crippen molar-refractivity contribution in [2.45, 2.75) is 45.2 Å². The van der Waals surface area contributed by atoms with Crippen molar-refractivity contribution in [3.05, 3.63) is 29.8 Å². The quantitative estimate of drug-likeness (QED) is 0.852. The van der Waals surface area contributed by atoms with E-state index in [9.17, 15) is 14.4 Å². The number of amides is 2. The van der Waals surface area contributed by atoms with Crippen molar-refractivity contribution in [2.75, 3.05) is 12.0 Å². The fourth-order valence-corrected chi connectivity index (χ4v) is 2.85. The predicted octanol–water partition coefficient (Wildman–Crippen LogP) is 1.42. The van der Waals surface area contributed by atoms with Crippen LogP contribution in [0.15, 0.2) is 24.3 Å². The summed E-state index contributed by atoms with van der Waals surface area (Å²) >= 11 is 0. The normalized spacial score (nSPS) is 18.8. The summed E-state index contributed by atoms with van der Waals surface area (Å²) in [5, 5.41) is 2.75. The van der Waals surface area contributed by atoms with E-state index in [2.05, 4.69) is 5.32 Å². The molecule has 2 atom stereocenters. The van der Waals surface area contributed by atoms with E-state index < -0.39 is 17.6 Å². The van der Waals surface area contributed by atoms with Gasteiger partial charge in [-0.25, -0.2) is 4.79 Å². The average molecular weight is 318 g/mol. The predicted molar refractivity (Wildman–Crippen MR) is 85.9 cm³/mol. The molecule has 1 unspecified atom stereocenters. The highest BCUT2D eigenvalue weighted by molar-refractivity contribution is 6.03. The summed E-state index contributed by atoms with van der Waals surface area (Å²) in [7, 11) is 1.29. The van der Waals surface area contributed by atoms with E-state index in [1.54, 1.807) is 13.8 Å². The SMILES string of the molecule is CCC(C)(NC(=O)[C@@H]1Cc2ccccc2N1C(C)=O)C(=O)OC. The van der Waals surface area contributed by atoms with Gasteiger partial charge in [-0.15, -0.1) is 0 Å². The first-order valence-corrected chi connectivity index (χ1v) is 7.62. The van der Waals surface area contributed by atoms with Crippen molar-refractivity contribution >= 4 is 23.5 Å². The van der Waals surface area contributed by atoms with Crippen LogP contribution in [0.1, 0.15) is 32.8 Å². The van der Waals surface area contributed by atoms with Gasteiger partial charge in [0.15, 0.2) is 0 Å². The van der Waals surface area contributed by atoms with E-state index >= 15 is 0 Å². The van der Waals surface area contributed by atoms with Crippen LogP contribution < -0.4 is 10.2 Å². The van der Waals surface area contributed by atoms with Gasteiger partial charge in [0.2, 0.25) is 11.8 Å². The van der Waals surface area contributed by atoms with Crippen molar-refractivity contribution in [3.8, 4) is 0 Å². The maximum Gasteiger partial charge on any atom is 0.331 e. The number of benzene rings is 1. The largest absolute Gasteiger partial charge is 0.467 e. The summed E-state index contributed by atoms with van der Waals surface area (Å²) in [4.78, 5) is 38.1. The number of nitrogens with zero attached hydrogens (tertiary/aromatic N) is 1. The van der Waals surface area contributed by atoms with Crippen LogP contribution in [0.25, 0.3) is 0 Å². The molecule has 124 valence electrons. The van der Waals surface area contributed by atoms with Crippen LogP contribution in [0.3, 0.4) is 0 Å². The molecule has 2 rings (SSSR count). The number of anilines is 1. The number of hydrogen-bond donors (Lipinski definition) is 1. The minimum absolute atomic E-state index is 0.202. The lowest BCUT2D eigenvalue weighted by Gasteiger charge is -2.30. The van der Waals surface area contributed by atoms with E-state index in [0.29, 0.717) is 12.8 Å². The molecule has 0 aromatic heterocycles. The van der Waals surface area contributed by atoms with E-state index in [1.165, 1.54) is 18.9 Å². The smallest absolute Gasteiger partial charge is 0.331 e. The van der Waals surface area contributed by atoms with E-state index in [-0.39, 0.29) is 11.8 Å². The van der Waals surface area contributed by atoms with Crippen molar-refractivity contribution in [3.63, 3.8) is 0 Å². The van der Waals surface area contributed by atoms with Gasteiger partial charge in [-0.05, 0) is 25.0 Å². The first-order valence-electron chi connectivity index (χ1n) is 7.62. The van der Waals surface area contributed by atoms with Crippen LogP contribution in [-0.4, -0.2) is 36.5 Å². The zero-order valence-electron chi connectivity index (χ0n) is 13.9. The molecule has 0 saturated heterocycles. The molecule has 1 aromatic carbocycles. The van der Waals surface area contributed by atoms with Crippen molar-refractivity contribution in [1.82, 2.24) is 5.32 Å². The van der Waals surface area contributed by atoms with Crippen molar-refractivity contribution in [2.24, 2.45) is 0 Å². The summed E-state index contributed by atoms with van der Waals surface area (Å²) in [6, 6.07) is 6.78. The third-order valence-electron chi connectivity index (χ3n) is 4.36. The third-order valence-corrected chi connectivity index (χ3v) is 4.36. The van der Waals surface area contributed by atoms with Gasteiger partial charge in [-0.2, -0.15) is 0 Å². The van der Waals surface area contributed by atoms with Gasteiger partial charge >= 0.3 is 5.97 Å². The number of methoxy groups -OCH3 is 1. The van der Waals surface area contributed by atoms with Crippen molar-refractivity contribution < 1.29 is 19.1 Å². The molecule has 0 spiro atoms. The Labute approximate surface area is 135 Å². The second-order valence-electron chi connectivity index (χ2n) is 5.90. The first kappa shape index (κ1) is 17.0. The molecule has 0 fully saturated rings. The Morgan fingerprint density at radius 1 is 1.35 bits per heavy atom. The molecule has 0 aliphatic carbocycles. The number of hydrogen-bond acceptors (Lipinski definition) is 4. The molecule has 6 nitrogen and oxygen atoms in total. The Bertz CT molecular complexity index is 643. The lowest BCUT2D eigenvalue weighted by molar-refractivity contribution is -0.150. The molecule has 6 heteroatoms. The van der Waals surface area contributed by atoms with Gasteiger partial charge in [0, 0.05) is 19.0 Å². The molecule has 1 N–H and O–H groups in total. The van der Waals surface area contributed by atoms with Crippen LogP contribution >= 0.6 is 0 Å². The minimum atomic E-state index is -1.11. The molecule has 23 heavy (non-hydrogen) atoms. The van der Waals surface area contributed by atoms with Crippen LogP contribution in [0.4, 0.5) is 5.69 Å². The number of carbonyl (C=O) groups is 3. The summed E-state index contributed by atoms with van der Waals surface area (Å²) in [6.07, 6.45) is 0.827. The number of nitrogens with one attached hydrogen (secondary N) is 1. The maximum absolute atomic E-state index is 12.7. The number of carbonyl (C=O) groups excluding carboxylic acids is 3. The third kappa shape index (κ3) is 3.06. The Morgan fingerprint density at radius 2 is 2.00 bits per heavy atom. The maximum atomic E-state index is 12.7. The zero-order valence-corrected chi connectivity index (χ0v) is 13.9. The molecule has 1 heterocycles. The van der Waals surface area contributed by atoms with E-state index in [1.807, 2.05) is 24.3 Å². The molecule has 2 amide bonds. The second kappa shape index (κ2) is 6.40. The zero-order chi connectivity index (χ0) is 17.2. The molecule has 0 bridgehead atoms. The van der Waals surface area contributed by atoms with Gasteiger partial charge in [0.1, 0.15) is 11.6 Å². The highest BCUT2D eigenvalue weighted by Crippen LogP contribution is 2.32. The number of rotatable bonds is 4. The molecule has 0 radical (unpaired) electrons. The number of fused-ring (bicyclic) bond motifs is 1. The monoisotopic (exact) mass is 318 g/mol. The molecule has 1 aliphatic heterocycles. The Hall–Kier alpha value is -2.37. The Kier molecular flexibility index (Phi) is 4.73. The minimum Gasteiger partial charge on any atom is -0.467 e. The summed E-state index contributed by atoms with van der Waals surface area (Å²) in [6.45, 7) is 4.85. The lowest BCUT2D eigenvalue weighted by Crippen LogP contribution is -2.58. The van der Waals surface area contributed by atoms with E-state index in [4.69, 9.17) is 4.74 Å². The highest BCUT2D eigenvalue weighted by Gasteiger charge is 2.41. The number of ether oxygens (including phenoxy) is 1. The summed E-state index contributed by atoms with van der Waals surface area (Å²) in [5.41, 5.74) is 0.582. The van der Waals surface area contributed by atoms with Crippen LogP contribution in [0, 0.1) is 0 Å². The van der Waals surface area contributed by atoms with Crippen LogP contribution in [-0.2, 0) is 25.5 Å². The molecule has 0 saturated carbocycles. The topological polar surface area (TPSA) is 75.7 Å². The van der Waals surface area contributed by atoms with Gasteiger partial charge in [-0.1, -0.05) is 25.1 Å². The van der Waals surface area contributed by atoms with Crippen LogP contribution in [0.5, 0.6) is 0 Å². The molecular formula is C17H22N2O4. The lowest BCUT2D eigenvalue weighted by atomic mass is 9.98. The van der Waals surface area contributed by atoms with Crippen molar-refractivity contribution in [1.29, 1.82) is 0 Å². The van der Waals surface area contributed by atoms with E-state index in [0.717, 1.165) is 11.3 Å². The second-order valence-corrected chi connectivity index (χ2v) is 5.90. The summed E-state index contributed by atoms with van der Waals surface area (Å²) in [5.74, 6) is -1.06. The van der Waals surface area contributed by atoms with Gasteiger partial charge in [0.05, 0.1) is 7.11 Å². The van der Waals surface area contributed by atoms with Crippen LogP contribution in [0.2, 0.25) is 0 Å². The Balaban J connectivity index is 2.26. The highest BCUT2D eigenvalue weighted by atomic mass is 16.5. The number of para-hydroxylation sites is 1. The molecule has 1 aliphatic rings. The molecule has 1 aromatic rings. The average Bonchev–Trinajstić information content (AvgIpc) is 2.93. The summed E-state index contributed by atoms with van der Waals surface area (Å²) < 4.78 is 4.77. The first-order chi connectivity index (χ1) is 10.8. The Morgan fingerprint density at radius 3 is 2.57 bits per heavy atom. The van der Waals surface area contributed by atoms with Gasteiger partial charge in [-0.3, -0.25) is 14.5 Å².